The highest BCUT2D eigenvalue weighted by Gasteiger charge is 2.40. The molecule has 0 heterocycles. The van der Waals surface area contributed by atoms with Crippen molar-refractivity contribution in [1.29, 1.82) is 0 Å². The van der Waals surface area contributed by atoms with Gasteiger partial charge in [-0.1, -0.05) is 13.3 Å². The van der Waals surface area contributed by atoms with Crippen LogP contribution in [0.25, 0.3) is 0 Å². The fourth-order valence-corrected chi connectivity index (χ4v) is 3.73. The molecule has 3 nitrogen and oxygen atoms in total. The molecule has 0 bridgehead atoms. The zero-order valence-electron chi connectivity index (χ0n) is 12.2. The third-order valence-electron chi connectivity index (χ3n) is 5.25. The predicted molar refractivity (Wildman–Crippen MR) is 75.6 cm³/mol. The maximum atomic E-state index is 6.17. The average Bonchev–Trinajstić information content (AvgIpc) is 2.37. The lowest BCUT2D eigenvalue weighted by Crippen LogP contribution is -2.58. The number of hydrogen-bond donors (Lipinski definition) is 1. The Hall–Kier alpha value is -0.120. The summed E-state index contributed by atoms with van der Waals surface area (Å²) in [5.74, 6) is 0.927. The highest BCUT2D eigenvalue weighted by molar-refractivity contribution is 4.97. The van der Waals surface area contributed by atoms with E-state index in [0.717, 1.165) is 25.4 Å². The number of ether oxygens (including phenoxy) is 1. The maximum absolute atomic E-state index is 6.17. The highest BCUT2D eigenvalue weighted by Crippen LogP contribution is 2.37. The zero-order valence-corrected chi connectivity index (χ0v) is 12.2. The van der Waals surface area contributed by atoms with Crippen LogP contribution in [0.4, 0.5) is 0 Å². The van der Waals surface area contributed by atoms with Crippen LogP contribution in [-0.4, -0.2) is 43.3 Å². The molecule has 0 aromatic heterocycles. The van der Waals surface area contributed by atoms with E-state index in [1.165, 1.54) is 45.1 Å². The second-order valence-electron chi connectivity index (χ2n) is 6.22. The molecule has 0 saturated heterocycles. The van der Waals surface area contributed by atoms with Crippen LogP contribution >= 0.6 is 0 Å². The van der Waals surface area contributed by atoms with Gasteiger partial charge in [0.15, 0.2) is 0 Å². The molecule has 2 fully saturated rings. The van der Waals surface area contributed by atoms with E-state index >= 15 is 0 Å². The fourth-order valence-electron chi connectivity index (χ4n) is 3.73. The highest BCUT2D eigenvalue weighted by atomic mass is 16.5. The minimum Gasteiger partial charge on any atom is -0.381 e. The molecule has 0 aromatic carbocycles. The number of likely N-dealkylation sites (N-methyl/N-ethyl adjacent to an activating group) is 1. The first kappa shape index (κ1) is 14.3. The topological polar surface area (TPSA) is 38.5 Å². The molecule has 0 aliphatic heterocycles. The second-order valence-corrected chi connectivity index (χ2v) is 6.22. The van der Waals surface area contributed by atoms with Gasteiger partial charge in [-0.15, -0.1) is 0 Å². The number of methoxy groups -OCH3 is 1. The Morgan fingerprint density at radius 3 is 2.56 bits per heavy atom. The van der Waals surface area contributed by atoms with Gasteiger partial charge in [0.2, 0.25) is 0 Å². The maximum Gasteiger partial charge on any atom is 0.0589 e. The summed E-state index contributed by atoms with van der Waals surface area (Å²) in [7, 11) is 1.85. The van der Waals surface area contributed by atoms with Gasteiger partial charge in [0, 0.05) is 25.7 Å². The van der Waals surface area contributed by atoms with E-state index in [9.17, 15) is 0 Å². The van der Waals surface area contributed by atoms with E-state index in [1.807, 2.05) is 7.11 Å². The number of nitrogens with zero attached hydrogens (tertiary/aromatic N) is 1. The Morgan fingerprint density at radius 2 is 2.06 bits per heavy atom. The predicted octanol–water partition coefficient (Wildman–Crippen LogP) is 2.39. The van der Waals surface area contributed by atoms with Gasteiger partial charge in [0.05, 0.1) is 6.10 Å². The molecular weight excluding hydrogens is 224 g/mol. The van der Waals surface area contributed by atoms with Crippen LogP contribution < -0.4 is 5.73 Å². The molecule has 2 aliphatic rings. The fraction of sp³-hybridized carbons (Fsp3) is 1.00. The van der Waals surface area contributed by atoms with Gasteiger partial charge < -0.3 is 10.5 Å². The molecule has 2 N–H and O–H groups in total. The summed E-state index contributed by atoms with van der Waals surface area (Å²) in [5.41, 5.74) is 6.38. The first-order valence-electron chi connectivity index (χ1n) is 7.72. The largest absolute Gasteiger partial charge is 0.381 e. The van der Waals surface area contributed by atoms with E-state index in [0.29, 0.717) is 6.10 Å². The Labute approximate surface area is 112 Å². The minimum absolute atomic E-state index is 0.212. The molecule has 2 saturated carbocycles. The van der Waals surface area contributed by atoms with Crippen LogP contribution in [0.5, 0.6) is 0 Å². The third-order valence-corrected chi connectivity index (χ3v) is 5.25. The monoisotopic (exact) mass is 254 g/mol. The van der Waals surface area contributed by atoms with Crippen LogP contribution in [0.3, 0.4) is 0 Å². The Bertz CT molecular complexity index is 255. The summed E-state index contributed by atoms with van der Waals surface area (Å²) in [5, 5.41) is 0. The summed E-state index contributed by atoms with van der Waals surface area (Å²) < 4.78 is 5.61. The number of nitrogens with two attached hydrogens (primary N) is 1. The number of hydrogen-bond acceptors (Lipinski definition) is 3. The van der Waals surface area contributed by atoms with Crippen molar-refractivity contribution in [3.05, 3.63) is 0 Å². The lowest BCUT2D eigenvalue weighted by atomic mass is 9.76. The first-order chi connectivity index (χ1) is 8.74. The number of rotatable bonds is 6. The van der Waals surface area contributed by atoms with Gasteiger partial charge in [-0.3, -0.25) is 4.90 Å². The van der Waals surface area contributed by atoms with Crippen LogP contribution in [0.15, 0.2) is 0 Å². The molecule has 2 unspecified atom stereocenters. The van der Waals surface area contributed by atoms with Gasteiger partial charge in [-0.2, -0.15) is 0 Å². The van der Waals surface area contributed by atoms with Gasteiger partial charge in [-0.05, 0) is 51.0 Å². The van der Waals surface area contributed by atoms with Gasteiger partial charge >= 0.3 is 0 Å². The standard InChI is InChI=1S/C15H30N2O/c1-3-17(11-13-6-4-7-13)15(12-16)9-5-8-14(10-15)18-2/h13-14H,3-12,16H2,1-2H3. The summed E-state index contributed by atoms with van der Waals surface area (Å²) in [6.07, 6.45) is 9.53. The summed E-state index contributed by atoms with van der Waals surface area (Å²) in [6, 6.07) is 0. The zero-order chi connectivity index (χ0) is 13.0. The van der Waals surface area contributed by atoms with E-state index in [2.05, 4.69) is 11.8 Å². The summed E-state index contributed by atoms with van der Waals surface area (Å²) >= 11 is 0. The quantitative estimate of drug-likeness (QED) is 0.791. The molecule has 0 aromatic rings. The molecule has 18 heavy (non-hydrogen) atoms. The molecule has 2 rings (SSSR count). The smallest absolute Gasteiger partial charge is 0.0589 e. The van der Waals surface area contributed by atoms with Crippen molar-refractivity contribution in [2.45, 2.75) is 63.5 Å². The second kappa shape index (κ2) is 6.36. The van der Waals surface area contributed by atoms with Crippen LogP contribution in [0.1, 0.15) is 51.9 Å². The molecule has 0 amide bonds. The molecule has 2 aliphatic carbocycles. The molecule has 2 atom stereocenters. The third kappa shape index (κ3) is 2.89. The summed E-state index contributed by atoms with van der Waals surface area (Å²) in [6.45, 7) is 5.45. The lowest BCUT2D eigenvalue weighted by Gasteiger charge is -2.49. The van der Waals surface area contributed by atoms with Crippen LogP contribution in [-0.2, 0) is 4.74 Å². The van der Waals surface area contributed by atoms with E-state index < -0.39 is 0 Å². The lowest BCUT2D eigenvalue weighted by molar-refractivity contribution is -0.0301. The molecular formula is C15H30N2O. The first-order valence-corrected chi connectivity index (χ1v) is 7.72. The molecule has 0 spiro atoms. The minimum atomic E-state index is 0.212. The SMILES string of the molecule is CCN(CC1CCC1)C1(CN)CCCC(OC)C1. The van der Waals surface area contributed by atoms with Crippen molar-refractivity contribution >= 4 is 0 Å². The van der Waals surface area contributed by atoms with E-state index in [1.54, 1.807) is 0 Å². The van der Waals surface area contributed by atoms with E-state index in [4.69, 9.17) is 10.5 Å². The van der Waals surface area contributed by atoms with Crippen molar-refractivity contribution in [3.63, 3.8) is 0 Å². The van der Waals surface area contributed by atoms with Crippen LogP contribution in [0.2, 0.25) is 0 Å². The average molecular weight is 254 g/mol. The molecule has 3 heteroatoms. The molecule has 106 valence electrons. The van der Waals surface area contributed by atoms with Crippen molar-refractivity contribution in [1.82, 2.24) is 4.90 Å². The Balaban J connectivity index is 2.02. The van der Waals surface area contributed by atoms with Crippen LogP contribution in [0, 0.1) is 5.92 Å². The normalized spacial score (nSPS) is 33.7. The Kier molecular flexibility index (Phi) is 5.05. The van der Waals surface area contributed by atoms with Crippen molar-refractivity contribution in [2.24, 2.45) is 11.7 Å². The van der Waals surface area contributed by atoms with Gasteiger partial charge in [0.25, 0.3) is 0 Å². The summed E-state index contributed by atoms with van der Waals surface area (Å²) in [4.78, 5) is 2.67. The van der Waals surface area contributed by atoms with Gasteiger partial charge in [-0.25, -0.2) is 0 Å². The van der Waals surface area contributed by atoms with Crippen molar-refractivity contribution in [2.75, 3.05) is 26.7 Å². The Morgan fingerprint density at radius 1 is 1.28 bits per heavy atom. The van der Waals surface area contributed by atoms with Crippen molar-refractivity contribution < 1.29 is 4.74 Å². The van der Waals surface area contributed by atoms with E-state index in [-0.39, 0.29) is 5.54 Å². The molecule has 0 radical (unpaired) electrons. The van der Waals surface area contributed by atoms with Crippen molar-refractivity contribution in [3.8, 4) is 0 Å². The van der Waals surface area contributed by atoms with Gasteiger partial charge in [0.1, 0.15) is 0 Å².